The normalized spacial score (nSPS) is 15.5. The predicted molar refractivity (Wildman–Crippen MR) is 37.4 cm³/mol. The molecule has 58 valence electrons. The van der Waals surface area contributed by atoms with E-state index in [-0.39, 0.29) is 5.92 Å². The lowest BCUT2D eigenvalue weighted by Crippen LogP contribution is -2.27. The number of hydrogen-bond acceptors (Lipinski definition) is 3. The fraction of sp³-hybridized carbons (Fsp3) is 0.571. The summed E-state index contributed by atoms with van der Waals surface area (Å²) in [6, 6.07) is 0. The van der Waals surface area contributed by atoms with E-state index in [2.05, 4.69) is 11.3 Å². The molecule has 3 nitrogen and oxygen atoms in total. The van der Waals surface area contributed by atoms with Gasteiger partial charge in [0.25, 0.3) is 0 Å². The lowest BCUT2D eigenvalue weighted by molar-refractivity contribution is -0.152. The van der Waals surface area contributed by atoms with E-state index >= 15 is 0 Å². The summed E-state index contributed by atoms with van der Waals surface area (Å²) in [5.74, 6) is -0.875. The average Bonchev–Trinajstić information content (AvgIpc) is 2.00. The number of aliphatic hydroxyl groups excluding tert-OH is 1. The van der Waals surface area contributed by atoms with Gasteiger partial charge in [-0.3, -0.25) is 0 Å². The maximum atomic E-state index is 10.6. The van der Waals surface area contributed by atoms with E-state index in [1.807, 2.05) is 0 Å². The summed E-state index contributed by atoms with van der Waals surface area (Å²) in [7, 11) is 1.24. The number of methoxy groups -OCH3 is 1. The Labute approximate surface area is 60.3 Å². The van der Waals surface area contributed by atoms with Crippen molar-refractivity contribution in [3.8, 4) is 0 Å². The van der Waals surface area contributed by atoms with E-state index < -0.39 is 12.1 Å². The lowest BCUT2D eigenvalue weighted by atomic mass is 10.1. The van der Waals surface area contributed by atoms with Crippen molar-refractivity contribution < 1.29 is 14.6 Å². The molecule has 0 saturated carbocycles. The molecule has 0 saturated heterocycles. The van der Waals surface area contributed by atoms with Crippen molar-refractivity contribution in [2.24, 2.45) is 5.92 Å². The summed E-state index contributed by atoms with van der Waals surface area (Å²) in [6.07, 6.45) is 0.421. The molecule has 0 aromatic heterocycles. The smallest absolute Gasteiger partial charge is 0.335 e. The van der Waals surface area contributed by atoms with Crippen LogP contribution in [0.1, 0.15) is 6.92 Å². The minimum Gasteiger partial charge on any atom is -0.467 e. The number of esters is 1. The summed E-state index contributed by atoms with van der Waals surface area (Å²) in [5.41, 5.74) is 0. The molecule has 0 bridgehead atoms. The van der Waals surface area contributed by atoms with Crippen molar-refractivity contribution in [2.75, 3.05) is 7.11 Å². The molecule has 1 N–H and O–H groups in total. The first kappa shape index (κ1) is 9.17. The van der Waals surface area contributed by atoms with Crippen LogP contribution >= 0.6 is 0 Å². The van der Waals surface area contributed by atoms with Crippen molar-refractivity contribution in [1.29, 1.82) is 0 Å². The van der Waals surface area contributed by atoms with Gasteiger partial charge in [0.05, 0.1) is 7.11 Å². The molecule has 0 aliphatic heterocycles. The third kappa shape index (κ3) is 2.19. The zero-order valence-electron chi connectivity index (χ0n) is 6.20. The van der Waals surface area contributed by atoms with E-state index in [1.165, 1.54) is 13.2 Å². The first-order chi connectivity index (χ1) is 4.63. The third-order valence-electron chi connectivity index (χ3n) is 1.31. The number of rotatable bonds is 3. The summed E-state index contributed by atoms with van der Waals surface area (Å²) in [4.78, 5) is 10.6. The number of hydrogen-bond donors (Lipinski definition) is 1. The minimum absolute atomic E-state index is 0.257. The molecule has 10 heavy (non-hydrogen) atoms. The van der Waals surface area contributed by atoms with Crippen LogP contribution in [0.2, 0.25) is 0 Å². The number of carbonyl (C=O) groups excluding carboxylic acids is 1. The molecular weight excluding hydrogens is 132 g/mol. The third-order valence-corrected chi connectivity index (χ3v) is 1.31. The summed E-state index contributed by atoms with van der Waals surface area (Å²) in [5, 5.41) is 9.04. The molecule has 0 heterocycles. The van der Waals surface area contributed by atoms with E-state index in [9.17, 15) is 4.79 Å². The number of ether oxygens (including phenoxy) is 1. The van der Waals surface area contributed by atoms with Gasteiger partial charge in [0, 0.05) is 5.92 Å². The molecule has 0 aliphatic rings. The Kier molecular flexibility index (Phi) is 3.72. The fourth-order valence-corrected chi connectivity index (χ4v) is 0.464. The molecule has 0 aromatic rings. The van der Waals surface area contributed by atoms with Crippen LogP contribution < -0.4 is 0 Å². The van der Waals surface area contributed by atoms with Gasteiger partial charge in [-0.25, -0.2) is 4.79 Å². The zero-order valence-corrected chi connectivity index (χ0v) is 6.20. The second kappa shape index (κ2) is 4.06. The minimum atomic E-state index is -1.08. The molecular formula is C7H12O3. The number of carbonyl (C=O) groups is 1. The molecule has 1 unspecified atom stereocenters. The Morgan fingerprint density at radius 2 is 2.30 bits per heavy atom. The average molecular weight is 144 g/mol. The quantitative estimate of drug-likeness (QED) is 0.459. The van der Waals surface area contributed by atoms with Gasteiger partial charge in [-0.05, 0) is 0 Å². The zero-order chi connectivity index (χ0) is 8.15. The molecule has 0 radical (unpaired) electrons. The van der Waals surface area contributed by atoms with Crippen molar-refractivity contribution in [3.63, 3.8) is 0 Å². The first-order valence-corrected chi connectivity index (χ1v) is 3.02. The summed E-state index contributed by atoms with van der Waals surface area (Å²) in [6.45, 7) is 5.12. The van der Waals surface area contributed by atoms with Gasteiger partial charge in [0.2, 0.25) is 0 Å². The highest BCUT2D eigenvalue weighted by atomic mass is 16.5. The van der Waals surface area contributed by atoms with Gasteiger partial charge in [0.15, 0.2) is 6.10 Å². The van der Waals surface area contributed by atoms with Gasteiger partial charge in [-0.1, -0.05) is 13.0 Å². The van der Waals surface area contributed by atoms with E-state index in [0.29, 0.717) is 0 Å². The lowest BCUT2D eigenvalue weighted by Gasteiger charge is -2.11. The highest BCUT2D eigenvalue weighted by Gasteiger charge is 2.19. The van der Waals surface area contributed by atoms with Crippen molar-refractivity contribution >= 4 is 5.97 Å². The largest absolute Gasteiger partial charge is 0.467 e. The van der Waals surface area contributed by atoms with Gasteiger partial charge in [-0.15, -0.1) is 6.58 Å². The molecule has 0 amide bonds. The summed E-state index contributed by atoms with van der Waals surface area (Å²) >= 11 is 0. The molecule has 0 rings (SSSR count). The van der Waals surface area contributed by atoms with Crippen LogP contribution in [-0.2, 0) is 9.53 Å². The molecule has 0 fully saturated rings. The summed E-state index contributed by atoms with van der Waals surface area (Å²) < 4.78 is 4.30. The van der Waals surface area contributed by atoms with Gasteiger partial charge in [0.1, 0.15) is 0 Å². The van der Waals surface area contributed by atoms with Crippen LogP contribution in [0.4, 0.5) is 0 Å². The number of aliphatic hydroxyl groups is 1. The van der Waals surface area contributed by atoms with Crippen LogP contribution in [0, 0.1) is 5.92 Å². The Morgan fingerprint density at radius 3 is 2.60 bits per heavy atom. The molecule has 0 spiro atoms. The molecule has 0 aromatic carbocycles. The monoisotopic (exact) mass is 144 g/mol. The SMILES string of the molecule is C=CC(C)[C@H](O)C(=O)OC. The fourth-order valence-electron chi connectivity index (χ4n) is 0.464. The van der Waals surface area contributed by atoms with E-state index in [0.717, 1.165) is 0 Å². The topological polar surface area (TPSA) is 46.5 Å². The highest BCUT2D eigenvalue weighted by Crippen LogP contribution is 2.04. The Morgan fingerprint density at radius 1 is 1.80 bits per heavy atom. The molecule has 3 heteroatoms. The highest BCUT2D eigenvalue weighted by molar-refractivity contribution is 5.74. The Balaban J connectivity index is 3.93. The second-order valence-corrected chi connectivity index (χ2v) is 2.06. The van der Waals surface area contributed by atoms with Crippen LogP contribution in [-0.4, -0.2) is 24.3 Å². The molecule has 2 atom stereocenters. The molecule has 0 aliphatic carbocycles. The standard InChI is InChI=1S/C7H12O3/c1-4-5(2)6(8)7(9)10-3/h4-6,8H,1H2,2-3H3/t5?,6-/m0/s1. The van der Waals surface area contributed by atoms with Crippen LogP contribution in [0.5, 0.6) is 0 Å². The van der Waals surface area contributed by atoms with Crippen LogP contribution in [0.15, 0.2) is 12.7 Å². The van der Waals surface area contributed by atoms with Crippen LogP contribution in [0.25, 0.3) is 0 Å². The van der Waals surface area contributed by atoms with E-state index in [1.54, 1.807) is 6.92 Å². The maximum absolute atomic E-state index is 10.6. The second-order valence-electron chi connectivity index (χ2n) is 2.06. The van der Waals surface area contributed by atoms with Crippen LogP contribution in [0.3, 0.4) is 0 Å². The van der Waals surface area contributed by atoms with Crippen molar-refractivity contribution in [1.82, 2.24) is 0 Å². The van der Waals surface area contributed by atoms with Crippen molar-refractivity contribution in [2.45, 2.75) is 13.0 Å². The van der Waals surface area contributed by atoms with Gasteiger partial charge >= 0.3 is 5.97 Å². The maximum Gasteiger partial charge on any atom is 0.335 e. The first-order valence-electron chi connectivity index (χ1n) is 3.02. The van der Waals surface area contributed by atoms with E-state index in [4.69, 9.17) is 5.11 Å². The Hall–Kier alpha value is -0.830. The van der Waals surface area contributed by atoms with Gasteiger partial charge < -0.3 is 9.84 Å². The Bertz CT molecular complexity index is 131. The van der Waals surface area contributed by atoms with Crippen molar-refractivity contribution in [3.05, 3.63) is 12.7 Å². The van der Waals surface area contributed by atoms with Gasteiger partial charge in [-0.2, -0.15) is 0 Å². The predicted octanol–water partition coefficient (Wildman–Crippen LogP) is 0.342.